The molecule has 4 nitrogen and oxygen atoms in total. The topological polar surface area (TPSA) is 35.9 Å². The van der Waals surface area contributed by atoms with Crippen LogP contribution in [0.1, 0.15) is 18.4 Å². The van der Waals surface area contributed by atoms with Crippen LogP contribution in [0.4, 0.5) is 15.8 Å². The Labute approximate surface area is 162 Å². The molecule has 0 aliphatic carbocycles. The van der Waals surface area contributed by atoms with Gasteiger partial charge in [0.2, 0.25) is 0 Å². The first-order chi connectivity index (χ1) is 13.2. The highest BCUT2D eigenvalue weighted by Gasteiger charge is 2.17. The maximum Gasteiger partial charge on any atom is 0.123 e. The van der Waals surface area contributed by atoms with Crippen LogP contribution in [-0.2, 0) is 17.2 Å². The van der Waals surface area contributed by atoms with Crippen LogP contribution in [0.3, 0.4) is 0 Å². The summed E-state index contributed by atoms with van der Waals surface area (Å²) < 4.78 is 24.9. The van der Waals surface area contributed by atoms with Crippen molar-refractivity contribution >= 4 is 27.7 Å². The fourth-order valence-electron chi connectivity index (χ4n) is 3.69. The van der Waals surface area contributed by atoms with Gasteiger partial charge >= 0.3 is 0 Å². The van der Waals surface area contributed by atoms with Crippen LogP contribution >= 0.6 is 0 Å². The van der Waals surface area contributed by atoms with Crippen LogP contribution in [0.15, 0.2) is 52.4 Å². The summed E-state index contributed by atoms with van der Waals surface area (Å²) in [5.41, 5.74) is 4.71. The molecule has 142 valence electrons. The highest BCUT2D eigenvalue weighted by atomic mass is 32.2. The van der Waals surface area contributed by atoms with Crippen LogP contribution in [-0.4, -0.2) is 47.4 Å². The Bertz CT molecular complexity index is 845. The molecule has 2 aliphatic heterocycles. The van der Waals surface area contributed by atoms with Gasteiger partial charge in [-0.1, -0.05) is 6.07 Å². The molecule has 1 unspecified atom stereocenters. The smallest absolute Gasteiger partial charge is 0.123 e. The summed E-state index contributed by atoms with van der Waals surface area (Å²) in [6.07, 6.45) is 3.30. The number of benzene rings is 2. The van der Waals surface area contributed by atoms with Gasteiger partial charge < -0.3 is 4.90 Å². The monoisotopic (exact) mass is 385 g/mol. The largest absolute Gasteiger partial charge is 0.369 e. The molecule has 4 rings (SSSR count). The highest BCUT2D eigenvalue weighted by Crippen LogP contribution is 2.28. The number of hydrogen-bond donors (Lipinski definition) is 0. The van der Waals surface area contributed by atoms with Crippen molar-refractivity contribution in [3.8, 4) is 0 Å². The third-order valence-corrected chi connectivity index (χ3v) is 6.34. The predicted octanol–water partition coefficient (Wildman–Crippen LogP) is 3.75. The molecule has 0 amide bonds. The lowest BCUT2D eigenvalue weighted by Gasteiger charge is -2.36. The van der Waals surface area contributed by atoms with Crippen LogP contribution in [0.25, 0.3) is 0 Å². The highest BCUT2D eigenvalue weighted by molar-refractivity contribution is 7.99. The molecule has 0 bridgehead atoms. The maximum atomic E-state index is 13.0. The summed E-state index contributed by atoms with van der Waals surface area (Å²) in [5.74, 6) is -0.181. The molecule has 0 saturated carbocycles. The molecule has 1 atom stereocenters. The van der Waals surface area contributed by atoms with Crippen LogP contribution < -0.4 is 4.90 Å². The van der Waals surface area contributed by atoms with Crippen molar-refractivity contribution in [2.75, 3.05) is 37.6 Å². The summed E-state index contributed by atoms with van der Waals surface area (Å²) in [6.45, 7) is 5.18. The molecule has 2 aromatic carbocycles. The van der Waals surface area contributed by atoms with Gasteiger partial charge in [-0.05, 0) is 67.8 Å². The molecule has 0 spiro atoms. The Morgan fingerprint density at radius 1 is 1.00 bits per heavy atom. The van der Waals surface area contributed by atoms with Crippen LogP contribution in [0, 0.1) is 5.82 Å². The van der Waals surface area contributed by atoms with E-state index in [1.165, 1.54) is 23.2 Å². The number of aryl methyl sites for hydroxylation is 1. The van der Waals surface area contributed by atoms with Gasteiger partial charge in [0.15, 0.2) is 0 Å². The number of halogens is 1. The molecule has 1 fully saturated rings. The van der Waals surface area contributed by atoms with Gasteiger partial charge in [-0.3, -0.25) is 4.90 Å². The van der Waals surface area contributed by atoms with Gasteiger partial charge in [0.1, 0.15) is 5.82 Å². The lowest BCUT2D eigenvalue weighted by atomic mass is 10.1. The SMILES string of the molecule is O=S1C=Nc2ccc(CCCCN3CCN(c4ccc(F)cc4)CC3)cc21. The molecule has 0 radical (unpaired) electrons. The molecule has 0 N–H and O–H groups in total. The second-order valence-electron chi connectivity index (χ2n) is 7.10. The number of unbranched alkanes of at least 4 members (excludes halogenated alkanes) is 1. The fourth-order valence-corrected chi connectivity index (χ4v) is 4.61. The summed E-state index contributed by atoms with van der Waals surface area (Å²) in [5, 5.41) is 0. The van der Waals surface area contributed by atoms with E-state index in [1.54, 1.807) is 0 Å². The normalized spacial score (nSPS) is 19.4. The van der Waals surface area contributed by atoms with E-state index in [9.17, 15) is 8.60 Å². The number of piperazine rings is 1. The summed E-state index contributed by atoms with van der Waals surface area (Å²) in [4.78, 5) is 9.84. The average molecular weight is 386 g/mol. The van der Waals surface area contributed by atoms with E-state index in [0.717, 1.165) is 68.3 Å². The molecule has 2 aromatic rings. The Balaban J connectivity index is 1.18. The number of rotatable bonds is 6. The van der Waals surface area contributed by atoms with E-state index in [0.29, 0.717) is 0 Å². The lowest BCUT2D eigenvalue weighted by Crippen LogP contribution is -2.46. The minimum Gasteiger partial charge on any atom is -0.369 e. The van der Waals surface area contributed by atoms with E-state index < -0.39 is 10.8 Å². The van der Waals surface area contributed by atoms with E-state index in [1.807, 2.05) is 24.3 Å². The van der Waals surface area contributed by atoms with E-state index in [4.69, 9.17) is 0 Å². The molecule has 2 aliphatic rings. The molecule has 1 saturated heterocycles. The summed E-state index contributed by atoms with van der Waals surface area (Å²) >= 11 is 0. The number of hydrogen-bond acceptors (Lipinski definition) is 4. The zero-order valence-electron chi connectivity index (χ0n) is 15.3. The van der Waals surface area contributed by atoms with Gasteiger partial charge in [0, 0.05) is 31.9 Å². The molecule has 27 heavy (non-hydrogen) atoms. The first kappa shape index (κ1) is 18.3. The van der Waals surface area contributed by atoms with Crippen molar-refractivity contribution in [1.29, 1.82) is 0 Å². The van der Waals surface area contributed by atoms with Crippen molar-refractivity contribution in [2.45, 2.75) is 24.2 Å². The molecular formula is C21H24FN3OS. The van der Waals surface area contributed by atoms with Crippen LogP contribution in [0.5, 0.6) is 0 Å². The standard InChI is InChI=1S/C21H24FN3OS/c22-18-5-7-19(8-6-18)25-13-11-24(12-14-25)10-2-1-3-17-4-9-20-21(15-17)27(26)16-23-20/h4-9,15-16H,1-3,10-14H2. The molecule has 0 aromatic heterocycles. The first-order valence-corrected chi connectivity index (χ1v) is 10.7. The summed E-state index contributed by atoms with van der Waals surface area (Å²) in [7, 11) is -1.07. The molecule has 2 heterocycles. The first-order valence-electron chi connectivity index (χ1n) is 9.49. The Hall–Kier alpha value is -2.05. The molecular weight excluding hydrogens is 361 g/mol. The Kier molecular flexibility index (Phi) is 5.64. The zero-order chi connectivity index (χ0) is 18.6. The van der Waals surface area contributed by atoms with Gasteiger partial charge in [0.25, 0.3) is 0 Å². The Morgan fingerprint density at radius 3 is 2.56 bits per heavy atom. The van der Waals surface area contributed by atoms with E-state index >= 15 is 0 Å². The maximum absolute atomic E-state index is 13.0. The van der Waals surface area contributed by atoms with Crippen molar-refractivity contribution in [3.63, 3.8) is 0 Å². The summed E-state index contributed by atoms with van der Waals surface area (Å²) in [6, 6.07) is 12.9. The minimum atomic E-state index is -1.07. The second kappa shape index (κ2) is 8.31. The van der Waals surface area contributed by atoms with Gasteiger partial charge in [0.05, 0.1) is 26.9 Å². The number of nitrogens with zero attached hydrogens (tertiary/aromatic N) is 3. The van der Waals surface area contributed by atoms with Crippen molar-refractivity contribution in [2.24, 2.45) is 4.99 Å². The fraction of sp³-hybridized carbons (Fsp3) is 0.381. The van der Waals surface area contributed by atoms with Crippen molar-refractivity contribution in [1.82, 2.24) is 4.90 Å². The van der Waals surface area contributed by atoms with Gasteiger partial charge in [-0.25, -0.2) is 13.6 Å². The van der Waals surface area contributed by atoms with Gasteiger partial charge in [-0.2, -0.15) is 0 Å². The second-order valence-corrected chi connectivity index (χ2v) is 8.34. The number of anilines is 1. The Morgan fingerprint density at radius 2 is 1.78 bits per heavy atom. The van der Waals surface area contributed by atoms with Gasteiger partial charge in [-0.15, -0.1) is 0 Å². The number of aliphatic imine (C=N–C) groups is 1. The predicted molar refractivity (Wildman–Crippen MR) is 109 cm³/mol. The zero-order valence-corrected chi connectivity index (χ0v) is 16.1. The van der Waals surface area contributed by atoms with E-state index in [2.05, 4.69) is 20.9 Å². The average Bonchev–Trinajstić information content (AvgIpc) is 3.07. The van der Waals surface area contributed by atoms with Crippen molar-refractivity contribution in [3.05, 3.63) is 53.8 Å². The van der Waals surface area contributed by atoms with E-state index in [-0.39, 0.29) is 5.82 Å². The van der Waals surface area contributed by atoms with Crippen LogP contribution in [0.2, 0.25) is 0 Å². The van der Waals surface area contributed by atoms with Crippen molar-refractivity contribution < 1.29 is 8.60 Å². The quantitative estimate of drug-likeness (QED) is 0.711. The minimum absolute atomic E-state index is 0.181. The lowest BCUT2D eigenvalue weighted by molar-refractivity contribution is 0.253. The third kappa shape index (κ3) is 4.45. The number of fused-ring (bicyclic) bond motifs is 1. The molecule has 6 heteroatoms. The third-order valence-electron chi connectivity index (χ3n) is 5.28.